The van der Waals surface area contributed by atoms with Gasteiger partial charge >= 0.3 is 0 Å². The summed E-state index contributed by atoms with van der Waals surface area (Å²) in [5.41, 5.74) is 0. The van der Waals surface area contributed by atoms with Crippen LogP contribution in [-0.2, 0) is 0 Å². The molecule has 0 aliphatic heterocycles. The molecule has 0 fully saturated rings. The summed E-state index contributed by atoms with van der Waals surface area (Å²) in [5, 5.41) is 0. The SMILES string of the molecule is CCCCC#CCCCCCCCCCCCCCCC. The smallest absolute Gasteiger partial charge is 0.00886 e. The van der Waals surface area contributed by atoms with Crippen molar-refractivity contribution >= 4 is 0 Å². The first-order valence-electron chi connectivity index (χ1n) is 9.87. The third-order valence-electron chi connectivity index (χ3n) is 4.19. The van der Waals surface area contributed by atoms with Crippen LogP contribution in [0, 0.1) is 11.8 Å². The Morgan fingerprint density at radius 1 is 0.381 bits per heavy atom. The Kier molecular flexibility index (Phi) is 19.2. The lowest BCUT2D eigenvalue weighted by Crippen LogP contribution is -1.82. The van der Waals surface area contributed by atoms with Gasteiger partial charge in [0.15, 0.2) is 0 Å². The first kappa shape index (κ1) is 20.6. The molecule has 0 amide bonds. The Hall–Kier alpha value is -0.440. The molecule has 0 spiro atoms. The first-order valence-corrected chi connectivity index (χ1v) is 9.87. The van der Waals surface area contributed by atoms with E-state index in [-0.39, 0.29) is 0 Å². The third-order valence-corrected chi connectivity index (χ3v) is 4.19. The summed E-state index contributed by atoms with van der Waals surface area (Å²) in [5.74, 6) is 6.59. The van der Waals surface area contributed by atoms with Gasteiger partial charge in [-0.3, -0.25) is 0 Å². The highest BCUT2D eigenvalue weighted by atomic mass is 14.0. The van der Waals surface area contributed by atoms with E-state index in [0.29, 0.717) is 0 Å². The molecule has 0 nitrogen and oxygen atoms in total. The maximum absolute atomic E-state index is 3.31. The summed E-state index contributed by atoms with van der Waals surface area (Å²) in [7, 11) is 0. The highest BCUT2D eigenvalue weighted by molar-refractivity contribution is 4.98. The van der Waals surface area contributed by atoms with Gasteiger partial charge in [-0.2, -0.15) is 0 Å². The van der Waals surface area contributed by atoms with Gasteiger partial charge in [-0.15, -0.1) is 11.8 Å². The van der Waals surface area contributed by atoms with Crippen LogP contribution in [0.1, 0.15) is 123 Å². The van der Waals surface area contributed by atoms with E-state index in [9.17, 15) is 0 Å². The Labute approximate surface area is 135 Å². The van der Waals surface area contributed by atoms with Crippen molar-refractivity contribution in [3.63, 3.8) is 0 Å². The van der Waals surface area contributed by atoms with Crippen LogP contribution in [0.25, 0.3) is 0 Å². The summed E-state index contributed by atoms with van der Waals surface area (Å²) < 4.78 is 0. The number of hydrogen-bond acceptors (Lipinski definition) is 0. The van der Waals surface area contributed by atoms with E-state index in [1.807, 2.05) is 0 Å². The van der Waals surface area contributed by atoms with E-state index in [1.165, 1.54) is 96.3 Å². The zero-order valence-electron chi connectivity index (χ0n) is 15.0. The first-order chi connectivity index (χ1) is 10.4. The van der Waals surface area contributed by atoms with Crippen LogP contribution < -0.4 is 0 Å². The van der Waals surface area contributed by atoms with Gasteiger partial charge in [0.1, 0.15) is 0 Å². The summed E-state index contributed by atoms with van der Waals surface area (Å²) in [6.45, 7) is 4.52. The Bertz CT molecular complexity index is 230. The summed E-state index contributed by atoms with van der Waals surface area (Å²) >= 11 is 0. The summed E-state index contributed by atoms with van der Waals surface area (Å²) in [6.07, 6.45) is 23.4. The van der Waals surface area contributed by atoms with Crippen molar-refractivity contribution in [2.75, 3.05) is 0 Å². The topological polar surface area (TPSA) is 0 Å². The van der Waals surface area contributed by atoms with Gasteiger partial charge in [-0.05, 0) is 12.8 Å². The molecule has 0 N–H and O–H groups in total. The molecule has 0 unspecified atom stereocenters. The van der Waals surface area contributed by atoms with E-state index < -0.39 is 0 Å². The van der Waals surface area contributed by atoms with Crippen LogP contribution in [0.15, 0.2) is 0 Å². The molecule has 0 atom stereocenters. The second-order valence-electron chi connectivity index (χ2n) is 6.45. The second kappa shape index (κ2) is 19.6. The Morgan fingerprint density at radius 3 is 1.14 bits per heavy atom. The maximum atomic E-state index is 3.31. The molecule has 0 saturated carbocycles. The minimum atomic E-state index is 1.11. The third kappa shape index (κ3) is 19.6. The van der Waals surface area contributed by atoms with Gasteiger partial charge in [0.05, 0.1) is 0 Å². The van der Waals surface area contributed by atoms with Gasteiger partial charge in [0.2, 0.25) is 0 Å². The average Bonchev–Trinajstić information content (AvgIpc) is 2.50. The van der Waals surface area contributed by atoms with Crippen molar-refractivity contribution in [3.8, 4) is 11.8 Å². The maximum Gasteiger partial charge on any atom is 0.00886 e. The average molecular weight is 293 g/mol. The van der Waals surface area contributed by atoms with Crippen LogP contribution in [0.5, 0.6) is 0 Å². The predicted molar refractivity (Wildman–Crippen MR) is 97.6 cm³/mol. The van der Waals surface area contributed by atoms with E-state index >= 15 is 0 Å². The molecular formula is C21H40. The number of hydrogen-bond donors (Lipinski definition) is 0. The van der Waals surface area contributed by atoms with E-state index in [4.69, 9.17) is 0 Å². The molecule has 0 aromatic carbocycles. The Balaban J connectivity index is 3.00. The quantitative estimate of drug-likeness (QED) is 0.215. The molecule has 0 saturated heterocycles. The molecule has 0 radical (unpaired) electrons. The number of unbranched alkanes of at least 4 members (excludes halogenated alkanes) is 15. The van der Waals surface area contributed by atoms with Gasteiger partial charge in [-0.25, -0.2) is 0 Å². The van der Waals surface area contributed by atoms with E-state index in [2.05, 4.69) is 25.7 Å². The second-order valence-corrected chi connectivity index (χ2v) is 6.45. The fourth-order valence-corrected chi connectivity index (χ4v) is 2.67. The zero-order valence-corrected chi connectivity index (χ0v) is 15.0. The lowest BCUT2D eigenvalue weighted by Gasteiger charge is -2.02. The predicted octanol–water partition coefficient (Wildman–Crippen LogP) is 7.66. The molecular weight excluding hydrogens is 252 g/mol. The van der Waals surface area contributed by atoms with Crippen molar-refractivity contribution in [1.82, 2.24) is 0 Å². The van der Waals surface area contributed by atoms with Crippen LogP contribution in [0.3, 0.4) is 0 Å². The van der Waals surface area contributed by atoms with Gasteiger partial charge in [0.25, 0.3) is 0 Å². The highest BCUT2D eigenvalue weighted by Crippen LogP contribution is 2.12. The van der Waals surface area contributed by atoms with Gasteiger partial charge in [0, 0.05) is 12.8 Å². The van der Waals surface area contributed by atoms with Crippen molar-refractivity contribution in [3.05, 3.63) is 0 Å². The minimum Gasteiger partial charge on any atom is -0.103 e. The molecule has 0 heterocycles. The Morgan fingerprint density at radius 2 is 0.714 bits per heavy atom. The molecule has 0 aliphatic rings. The monoisotopic (exact) mass is 292 g/mol. The minimum absolute atomic E-state index is 1.11. The van der Waals surface area contributed by atoms with E-state index in [0.717, 1.165) is 12.8 Å². The highest BCUT2D eigenvalue weighted by Gasteiger charge is 1.93. The number of rotatable bonds is 15. The fourth-order valence-electron chi connectivity index (χ4n) is 2.67. The van der Waals surface area contributed by atoms with Crippen LogP contribution in [0.2, 0.25) is 0 Å². The van der Waals surface area contributed by atoms with Crippen LogP contribution in [0.4, 0.5) is 0 Å². The van der Waals surface area contributed by atoms with Crippen molar-refractivity contribution in [2.24, 2.45) is 0 Å². The molecule has 0 aromatic rings. The molecule has 21 heavy (non-hydrogen) atoms. The summed E-state index contributed by atoms with van der Waals surface area (Å²) in [4.78, 5) is 0. The van der Waals surface area contributed by atoms with Crippen molar-refractivity contribution in [2.45, 2.75) is 123 Å². The van der Waals surface area contributed by atoms with Gasteiger partial charge in [-0.1, -0.05) is 97.3 Å². The zero-order chi connectivity index (χ0) is 15.4. The standard InChI is InChI=1S/C21H40/c1-3-5-7-9-11-13-15-17-19-21-20-18-16-14-12-10-8-6-4-2/h3-9,11,13-21H2,1-2H3. The summed E-state index contributed by atoms with van der Waals surface area (Å²) in [6, 6.07) is 0. The molecule has 0 heteroatoms. The lowest BCUT2D eigenvalue weighted by atomic mass is 10.0. The molecule has 0 bridgehead atoms. The van der Waals surface area contributed by atoms with Gasteiger partial charge < -0.3 is 0 Å². The normalized spacial score (nSPS) is 10.4. The van der Waals surface area contributed by atoms with Crippen molar-refractivity contribution in [1.29, 1.82) is 0 Å². The largest absolute Gasteiger partial charge is 0.103 e. The lowest BCUT2D eigenvalue weighted by molar-refractivity contribution is 0.540. The van der Waals surface area contributed by atoms with Crippen LogP contribution in [-0.4, -0.2) is 0 Å². The molecule has 0 aromatic heterocycles. The van der Waals surface area contributed by atoms with Crippen LogP contribution >= 0.6 is 0 Å². The molecule has 124 valence electrons. The molecule has 0 rings (SSSR count). The van der Waals surface area contributed by atoms with E-state index in [1.54, 1.807) is 0 Å². The van der Waals surface area contributed by atoms with Crippen molar-refractivity contribution < 1.29 is 0 Å². The molecule has 0 aliphatic carbocycles. The fraction of sp³-hybridized carbons (Fsp3) is 0.905.